The third kappa shape index (κ3) is 5.30. The Morgan fingerprint density at radius 2 is 1.57 bits per heavy atom. The summed E-state index contributed by atoms with van der Waals surface area (Å²) >= 11 is 24.4. The minimum atomic E-state index is -0.323. The first kappa shape index (κ1) is 20.8. The van der Waals surface area contributed by atoms with E-state index < -0.39 is 0 Å². The molecular weight excluding hydrogens is 438 g/mol. The highest BCUT2D eigenvalue weighted by atomic mass is 35.5. The molecule has 0 saturated heterocycles. The van der Waals surface area contributed by atoms with Gasteiger partial charge in [0.2, 0.25) is 0 Å². The second-order valence-corrected chi connectivity index (χ2v) is 7.59. The highest BCUT2D eigenvalue weighted by Crippen LogP contribution is 2.32. The quantitative estimate of drug-likeness (QED) is 0.282. The van der Waals surface area contributed by atoms with Gasteiger partial charge in [-0.05, 0) is 47.5 Å². The molecule has 0 atom stereocenters. The van der Waals surface area contributed by atoms with Crippen LogP contribution in [0.1, 0.15) is 21.5 Å². The molecule has 142 valence electrons. The second-order valence-electron chi connectivity index (χ2n) is 5.90. The minimum Gasteiger partial charge on any atom is -0.488 e. The molecule has 0 unspecified atom stereocenters. The molecule has 3 aromatic carbocycles. The fraction of sp³-hybridized carbons (Fsp3) is 0.0455. The summed E-state index contributed by atoms with van der Waals surface area (Å²) in [4.78, 5) is 12.8. The van der Waals surface area contributed by atoms with Crippen molar-refractivity contribution in [3.05, 3.63) is 104 Å². The largest absolute Gasteiger partial charge is 0.488 e. The Labute approximate surface area is 183 Å². The molecule has 0 heterocycles. The zero-order chi connectivity index (χ0) is 20.1. The molecule has 0 aliphatic heterocycles. The number of ketones is 1. The van der Waals surface area contributed by atoms with Crippen LogP contribution in [0.5, 0.6) is 5.75 Å². The van der Waals surface area contributed by atoms with E-state index in [1.807, 2.05) is 30.3 Å². The van der Waals surface area contributed by atoms with Gasteiger partial charge in [-0.2, -0.15) is 0 Å². The normalized spacial score (nSPS) is 11.0. The molecular formula is C22H14Cl4O2. The molecule has 0 spiro atoms. The van der Waals surface area contributed by atoms with Crippen molar-refractivity contribution in [2.75, 3.05) is 0 Å². The molecule has 0 amide bonds. The van der Waals surface area contributed by atoms with Crippen LogP contribution in [0.4, 0.5) is 0 Å². The number of ether oxygens (including phenoxy) is 1. The van der Waals surface area contributed by atoms with E-state index in [0.29, 0.717) is 26.4 Å². The van der Waals surface area contributed by atoms with Gasteiger partial charge in [0, 0.05) is 15.1 Å². The van der Waals surface area contributed by atoms with E-state index in [0.717, 1.165) is 5.56 Å². The first-order valence-corrected chi connectivity index (χ1v) is 9.78. The van der Waals surface area contributed by atoms with Crippen molar-refractivity contribution in [3.8, 4) is 5.75 Å². The summed E-state index contributed by atoms with van der Waals surface area (Å²) in [6.07, 6.45) is 2.99. The van der Waals surface area contributed by atoms with Crippen LogP contribution in [0.3, 0.4) is 0 Å². The van der Waals surface area contributed by atoms with Gasteiger partial charge >= 0.3 is 0 Å². The van der Waals surface area contributed by atoms with Crippen LogP contribution in [-0.2, 0) is 6.61 Å². The molecule has 3 aromatic rings. The standard InChI is InChI=1S/C22H14Cl4O2/c23-16-8-6-15(18(25)10-16)7-9-20(27)22-19(26)11-17(24)12-21(22)28-13-14-4-2-1-3-5-14/h1-12H,13H2. The Morgan fingerprint density at radius 1 is 0.857 bits per heavy atom. The van der Waals surface area contributed by atoms with Crippen molar-refractivity contribution in [2.24, 2.45) is 0 Å². The summed E-state index contributed by atoms with van der Waals surface area (Å²) in [7, 11) is 0. The molecule has 2 nitrogen and oxygen atoms in total. The summed E-state index contributed by atoms with van der Waals surface area (Å²) in [6, 6.07) is 17.7. The average molecular weight is 452 g/mol. The fourth-order valence-electron chi connectivity index (χ4n) is 2.52. The summed E-state index contributed by atoms with van der Waals surface area (Å²) in [5, 5.41) is 1.56. The fourth-order valence-corrected chi connectivity index (χ4v) is 3.56. The molecule has 6 heteroatoms. The lowest BCUT2D eigenvalue weighted by Gasteiger charge is -2.12. The zero-order valence-corrected chi connectivity index (χ0v) is 17.5. The second kappa shape index (κ2) is 9.49. The Kier molecular flexibility index (Phi) is 7.03. The van der Waals surface area contributed by atoms with Crippen molar-refractivity contribution in [2.45, 2.75) is 6.61 Å². The van der Waals surface area contributed by atoms with Crippen LogP contribution in [-0.4, -0.2) is 5.78 Å². The van der Waals surface area contributed by atoms with E-state index in [2.05, 4.69) is 0 Å². The highest BCUT2D eigenvalue weighted by Gasteiger charge is 2.17. The Hall–Kier alpha value is -1.97. The van der Waals surface area contributed by atoms with Crippen LogP contribution in [0.2, 0.25) is 20.1 Å². The first-order valence-electron chi connectivity index (χ1n) is 8.27. The summed E-state index contributed by atoms with van der Waals surface area (Å²) in [5.41, 5.74) is 1.86. The van der Waals surface area contributed by atoms with Crippen LogP contribution in [0.15, 0.2) is 66.7 Å². The molecule has 0 fully saturated rings. The number of hydrogen-bond donors (Lipinski definition) is 0. The Bertz CT molecular complexity index is 1030. The molecule has 0 aliphatic carbocycles. The third-order valence-electron chi connectivity index (χ3n) is 3.88. The predicted octanol–water partition coefficient (Wildman–Crippen LogP) is 7.78. The van der Waals surface area contributed by atoms with Crippen LogP contribution in [0, 0.1) is 0 Å². The van der Waals surface area contributed by atoms with E-state index in [-0.39, 0.29) is 23.0 Å². The van der Waals surface area contributed by atoms with Crippen molar-refractivity contribution in [1.82, 2.24) is 0 Å². The van der Waals surface area contributed by atoms with E-state index >= 15 is 0 Å². The lowest BCUT2D eigenvalue weighted by Crippen LogP contribution is -2.03. The van der Waals surface area contributed by atoms with Gasteiger partial charge < -0.3 is 4.74 Å². The lowest BCUT2D eigenvalue weighted by molar-refractivity contribution is 0.104. The summed E-state index contributed by atoms with van der Waals surface area (Å²) < 4.78 is 5.83. The molecule has 0 radical (unpaired) electrons. The number of carbonyl (C=O) groups excluding carboxylic acids is 1. The number of carbonyl (C=O) groups is 1. The van der Waals surface area contributed by atoms with Gasteiger partial charge in [-0.3, -0.25) is 4.79 Å². The van der Waals surface area contributed by atoms with Crippen molar-refractivity contribution < 1.29 is 9.53 Å². The Morgan fingerprint density at radius 3 is 2.29 bits per heavy atom. The monoisotopic (exact) mass is 450 g/mol. The maximum Gasteiger partial charge on any atom is 0.191 e. The van der Waals surface area contributed by atoms with Crippen LogP contribution in [0.25, 0.3) is 6.08 Å². The molecule has 0 bridgehead atoms. The molecule has 0 N–H and O–H groups in total. The summed E-state index contributed by atoms with van der Waals surface area (Å²) in [6.45, 7) is 0.282. The molecule has 0 saturated carbocycles. The van der Waals surface area contributed by atoms with Gasteiger partial charge in [-0.25, -0.2) is 0 Å². The van der Waals surface area contributed by atoms with Gasteiger partial charge in [-0.15, -0.1) is 0 Å². The number of rotatable bonds is 6. The van der Waals surface area contributed by atoms with E-state index in [4.69, 9.17) is 51.1 Å². The Balaban J connectivity index is 1.87. The predicted molar refractivity (Wildman–Crippen MR) is 117 cm³/mol. The first-order chi connectivity index (χ1) is 13.4. The molecule has 0 aromatic heterocycles. The van der Waals surface area contributed by atoms with E-state index in [9.17, 15) is 4.79 Å². The minimum absolute atomic E-state index is 0.215. The summed E-state index contributed by atoms with van der Waals surface area (Å²) in [5.74, 6) is -0.00560. The van der Waals surface area contributed by atoms with Gasteiger partial charge in [0.05, 0.1) is 10.6 Å². The maximum atomic E-state index is 12.8. The maximum absolute atomic E-state index is 12.8. The van der Waals surface area contributed by atoms with E-state index in [1.54, 1.807) is 30.3 Å². The van der Waals surface area contributed by atoms with E-state index in [1.165, 1.54) is 12.1 Å². The number of halogens is 4. The SMILES string of the molecule is O=C(C=Cc1ccc(Cl)cc1Cl)c1c(Cl)cc(Cl)cc1OCc1ccccc1. The number of hydrogen-bond acceptors (Lipinski definition) is 2. The van der Waals surface area contributed by atoms with Gasteiger partial charge in [0.1, 0.15) is 12.4 Å². The average Bonchev–Trinajstić information content (AvgIpc) is 2.66. The molecule has 3 rings (SSSR count). The number of benzene rings is 3. The highest BCUT2D eigenvalue weighted by molar-refractivity contribution is 6.38. The van der Waals surface area contributed by atoms with Gasteiger partial charge in [0.25, 0.3) is 0 Å². The van der Waals surface area contributed by atoms with Crippen LogP contribution < -0.4 is 4.74 Å². The van der Waals surface area contributed by atoms with Crippen molar-refractivity contribution in [3.63, 3.8) is 0 Å². The molecule has 28 heavy (non-hydrogen) atoms. The topological polar surface area (TPSA) is 26.3 Å². The van der Waals surface area contributed by atoms with Crippen molar-refractivity contribution >= 4 is 58.3 Å². The van der Waals surface area contributed by atoms with Gasteiger partial charge in [0.15, 0.2) is 5.78 Å². The smallest absolute Gasteiger partial charge is 0.191 e. The van der Waals surface area contributed by atoms with Crippen LogP contribution >= 0.6 is 46.4 Å². The van der Waals surface area contributed by atoms with Crippen molar-refractivity contribution in [1.29, 1.82) is 0 Å². The van der Waals surface area contributed by atoms with Gasteiger partial charge in [-0.1, -0.05) is 82.8 Å². The lowest BCUT2D eigenvalue weighted by atomic mass is 10.1. The molecule has 0 aliphatic rings. The zero-order valence-electron chi connectivity index (χ0n) is 14.5. The third-order valence-corrected chi connectivity index (χ3v) is 4.96. The number of allylic oxidation sites excluding steroid dienone is 1.